The van der Waals surface area contributed by atoms with Crippen molar-refractivity contribution in [2.45, 2.75) is 25.4 Å². The van der Waals surface area contributed by atoms with Gasteiger partial charge >= 0.3 is 0 Å². The molecular weight excluding hydrogens is 310 g/mol. The van der Waals surface area contributed by atoms with Crippen molar-refractivity contribution in [2.75, 3.05) is 0 Å². The van der Waals surface area contributed by atoms with Gasteiger partial charge in [-0.3, -0.25) is 4.79 Å². The number of thiophene rings is 1. The Labute approximate surface area is 137 Å². The molecular formula is C17H15N3O2S. The second-order valence-corrected chi connectivity index (χ2v) is 6.44. The Balaban J connectivity index is 1.58. The normalized spacial score (nSPS) is 17.8. The van der Waals surface area contributed by atoms with Crippen LogP contribution in [0.5, 0.6) is 0 Å². The van der Waals surface area contributed by atoms with Crippen molar-refractivity contribution in [3.05, 3.63) is 59.3 Å². The van der Waals surface area contributed by atoms with Gasteiger partial charge in [-0.1, -0.05) is 41.6 Å². The van der Waals surface area contributed by atoms with E-state index in [0.29, 0.717) is 24.7 Å². The van der Waals surface area contributed by atoms with Crippen LogP contribution in [-0.4, -0.2) is 20.9 Å². The first kappa shape index (κ1) is 14.1. The van der Waals surface area contributed by atoms with Crippen molar-refractivity contribution in [1.82, 2.24) is 15.0 Å². The smallest absolute Gasteiger partial charge is 0.249 e. The Morgan fingerprint density at radius 2 is 2.09 bits per heavy atom. The van der Waals surface area contributed by atoms with Crippen LogP contribution in [0.2, 0.25) is 0 Å². The summed E-state index contributed by atoms with van der Waals surface area (Å²) >= 11 is 1.57. The van der Waals surface area contributed by atoms with Crippen LogP contribution in [0, 0.1) is 0 Å². The number of nitrogens with zero attached hydrogens (tertiary/aromatic N) is 3. The minimum Gasteiger partial charge on any atom is -0.337 e. The first-order chi connectivity index (χ1) is 11.3. The maximum atomic E-state index is 12.2. The minimum atomic E-state index is -0.135. The van der Waals surface area contributed by atoms with E-state index in [4.69, 9.17) is 4.52 Å². The first-order valence-corrected chi connectivity index (χ1v) is 8.40. The van der Waals surface area contributed by atoms with Gasteiger partial charge in [-0.2, -0.15) is 4.98 Å². The molecule has 23 heavy (non-hydrogen) atoms. The molecule has 1 aliphatic rings. The molecule has 0 N–H and O–H groups in total. The number of amides is 1. The lowest BCUT2D eigenvalue weighted by molar-refractivity contribution is -0.129. The lowest BCUT2D eigenvalue weighted by Crippen LogP contribution is -2.27. The largest absolute Gasteiger partial charge is 0.337 e. The van der Waals surface area contributed by atoms with Crippen molar-refractivity contribution < 1.29 is 9.32 Å². The fraction of sp³-hybridized carbons (Fsp3) is 0.235. The van der Waals surface area contributed by atoms with Gasteiger partial charge in [0.1, 0.15) is 6.04 Å². The number of carbonyl (C=O) groups is 1. The van der Waals surface area contributed by atoms with Crippen LogP contribution in [0.25, 0.3) is 10.7 Å². The standard InChI is InChI=1S/C17H15N3O2S/c21-15-9-8-13(20(15)11-12-5-2-1-3-6-12)17-18-16(19-22-17)14-7-4-10-23-14/h1-7,10,13H,8-9,11H2/t13-/m1/s1. The average Bonchev–Trinajstić information content (AvgIpc) is 3.30. The number of hydrogen-bond acceptors (Lipinski definition) is 5. The Bertz CT molecular complexity index is 798. The molecule has 6 heteroatoms. The number of hydrogen-bond donors (Lipinski definition) is 0. The number of carbonyl (C=O) groups excluding carboxylic acids is 1. The van der Waals surface area contributed by atoms with E-state index in [-0.39, 0.29) is 11.9 Å². The van der Waals surface area contributed by atoms with Crippen molar-refractivity contribution in [1.29, 1.82) is 0 Å². The van der Waals surface area contributed by atoms with Crippen molar-refractivity contribution in [3.63, 3.8) is 0 Å². The molecule has 0 aliphatic carbocycles. The summed E-state index contributed by atoms with van der Waals surface area (Å²) in [5.74, 6) is 1.25. The molecule has 116 valence electrons. The fourth-order valence-electron chi connectivity index (χ4n) is 2.85. The second kappa shape index (κ2) is 5.96. The third-order valence-electron chi connectivity index (χ3n) is 3.99. The van der Waals surface area contributed by atoms with E-state index in [9.17, 15) is 4.79 Å². The summed E-state index contributed by atoms with van der Waals surface area (Å²) in [6.07, 6.45) is 1.24. The summed E-state index contributed by atoms with van der Waals surface area (Å²) in [5.41, 5.74) is 1.10. The van der Waals surface area contributed by atoms with E-state index in [0.717, 1.165) is 16.9 Å². The number of aromatic nitrogens is 2. The van der Waals surface area contributed by atoms with Crippen LogP contribution >= 0.6 is 11.3 Å². The van der Waals surface area contributed by atoms with Gasteiger partial charge in [-0.05, 0) is 23.4 Å². The average molecular weight is 325 g/mol. The molecule has 3 heterocycles. The van der Waals surface area contributed by atoms with Gasteiger partial charge in [-0.15, -0.1) is 11.3 Å². The molecule has 1 fully saturated rings. The highest BCUT2D eigenvalue weighted by Crippen LogP contribution is 2.34. The van der Waals surface area contributed by atoms with Gasteiger partial charge in [0.05, 0.1) is 4.88 Å². The van der Waals surface area contributed by atoms with Crippen molar-refractivity contribution in [3.8, 4) is 10.7 Å². The van der Waals surface area contributed by atoms with Gasteiger partial charge in [0.2, 0.25) is 17.6 Å². The van der Waals surface area contributed by atoms with Gasteiger partial charge < -0.3 is 9.42 Å². The summed E-state index contributed by atoms with van der Waals surface area (Å²) in [6.45, 7) is 0.570. The van der Waals surface area contributed by atoms with E-state index >= 15 is 0 Å². The Hall–Kier alpha value is -2.47. The molecule has 0 radical (unpaired) electrons. The molecule has 0 bridgehead atoms. The Morgan fingerprint density at radius 3 is 2.87 bits per heavy atom. The predicted octanol–water partition coefficient (Wildman–Crippen LogP) is 3.66. The van der Waals surface area contributed by atoms with E-state index < -0.39 is 0 Å². The van der Waals surface area contributed by atoms with Crippen LogP contribution in [0.3, 0.4) is 0 Å². The lowest BCUT2D eigenvalue weighted by Gasteiger charge is -2.22. The minimum absolute atomic E-state index is 0.134. The van der Waals surface area contributed by atoms with Crippen LogP contribution in [0.4, 0.5) is 0 Å². The summed E-state index contributed by atoms with van der Waals surface area (Å²) in [5, 5.41) is 6.03. The molecule has 3 aromatic rings. The van der Waals surface area contributed by atoms with Gasteiger partial charge in [-0.25, -0.2) is 0 Å². The van der Waals surface area contributed by atoms with Crippen molar-refractivity contribution in [2.24, 2.45) is 0 Å². The second-order valence-electron chi connectivity index (χ2n) is 5.50. The van der Waals surface area contributed by atoms with Crippen LogP contribution in [-0.2, 0) is 11.3 Å². The highest BCUT2D eigenvalue weighted by Gasteiger charge is 2.36. The third-order valence-corrected chi connectivity index (χ3v) is 4.86. The summed E-state index contributed by atoms with van der Waals surface area (Å²) in [4.78, 5) is 19.5. The third kappa shape index (κ3) is 2.77. The Morgan fingerprint density at radius 1 is 1.22 bits per heavy atom. The zero-order valence-corrected chi connectivity index (χ0v) is 13.2. The highest BCUT2D eigenvalue weighted by atomic mass is 32.1. The molecule has 1 atom stereocenters. The van der Waals surface area contributed by atoms with Crippen LogP contribution < -0.4 is 0 Å². The molecule has 1 saturated heterocycles. The highest BCUT2D eigenvalue weighted by molar-refractivity contribution is 7.13. The lowest BCUT2D eigenvalue weighted by atomic mass is 10.2. The molecule has 4 rings (SSSR count). The van der Waals surface area contributed by atoms with E-state index in [1.54, 1.807) is 11.3 Å². The quantitative estimate of drug-likeness (QED) is 0.734. The Kier molecular flexibility index (Phi) is 3.67. The number of benzene rings is 1. The molecule has 0 saturated carbocycles. The SMILES string of the molecule is O=C1CC[C@H](c2nc(-c3cccs3)no2)N1Cc1ccccc1. The summed E-state index contributed by atoms with van der Waals surface area (Å²) in [7, 11) is 0. The van der Waals surface area contributed by atoms with E-state index in [1.165, 1.54) is 0 Å². The first-order valence-electron chi connectivity index (χ1n) is 7.52. The molecule has 1 aliphatic heterocycles. The molecule has 0 unspecified atom stereocenters. The predicted molar refractivity (Wildman–Crippen MR) is 86.6 cm³/mol. The van der Waals surface area contributed by atoms with E-state index in [2.05, 4.69) is 10.1 Å². The monoisotopic (exact) mass is 325 g/mol. The van der Waals surface area contributed by atoms with Gasteiger partial charge in [0, 0.05) is 13.0 Å². The molecule has 2 aromatic heterocycles. The maximum absolute atomic E-state index is 12.2. The summed E-state index contributed by atoms with van der Waals surface area (Å²) < 4.78 is 5.44. The van der Waals surface area contributed by atoms with Crippen molar-refractivity contribution >= 4 is 17.2 Å². The molecule has 5 nitrogen and oxygen atoms in total. The van der Waals surface area contributed by atoms with Crippen LogP contribution in [0.1, 0.15) is 30.3 Å². The molecule has 1 amide bonds. The van der Waals surface area contributed by atoms with Gasteiger partial charge in [0.25, 0.3) is 0 Å². The zero-order valence-electron chi connectivity index (χ0n) is 12.4. The van der Waals surface area contributed by atoms with Crippen LogP contribution in [0.15, 0.2) is 52.4 Å². The fourth-order valence-corrected chi connectivity index (χ4v) is 3.49. The maximum Gasteiger partial charge on any atom is 0.249 e. The zero-order chi connectivity index (χ0) is 15.6. The number of likely N-dealkylation sites (tertiary alicyclic amines) is 1. The summed E-state index contributed by atoms with van der Waals surface area (Å²) in [6, 6.07) is 13.7. The van der Waals surface area contributed by atoms with Gasteiger partial charge in [0.15, 0.2) is 0 Å². The number of rotatable bonds is 4. The molecule has 0 spiro atoms. The topological polar surface area (TPSA) is 59.2 Å². The molecule has 1 aromatic carbocycles. The van der Waals surface area contributed by atoms with E-state index in [1.807, 2.05) is 52.7 Å².